The summed E-state index contributed by atoms with van der Waals surface area (Å²) in [5, 5.41) is 2.56. The van der Waals surface area contributed by atoms with E-state index in [0.717, 1.165) is 18.2 Å². The van der Waals surface area contributed by atoms with E-state index in [1.807, 2.05) is 0 Å². The molecule has 1 amide bonds. The van der Waals surface area contributed by atoms with Crippen molar-refractivity contribution in [2.75, 3.05) is 6.54 Å². The summed E-state index contributed by atoms with van der Waals surface area (Å²) in [5.41, 5.74) is 0.494. The van der Waals surface area contributed by atoms with E-state index >= 15 is 0 Å². The summed E-state index contributed by atoms with van der Waals surface area (Å²) in [7, 11) is 0. The predicted octanol–water partition coefficient (Wildman–Crippen LogP) is 3.01. The Hall–Kier alpha value is -2.30. The smallest absolute Gasteiger partial charge is 0.224 e. The van der Waals surface area contributed by atoms with Gasteiger partial charge < -0.3 is 5.32 Å². The molecule has 0 heterocycles. The first-order chi connectivity index (χ1) is 10.1. The lowest BCUT2D eigenvalue weighted by Crippen LogP contribution is -2.27. The van der Waals surface area contributed by atoms with Crippen molar-refractivity contribution in [3.63, 3.8) is 0 Å². The second-order valence-corrected chi connectivity index (χ2v) is 4.60. The van der Waals surface area contributed by atoms with Gasteiger partial charge in [0.2, 0.25) is 5.91 Å². The van der Waals surface area contributed by atoms with Gasteiger partial charge in [-0.15, -0.1) is 0 Å². The van der Waals surface area contributed by atoms with Gasteiger partial charge in [0.1, 0.15) is 17.5 Å². The highest BCUT2D eigenvalue weighted by Crippen LogP contribution is 2.10. The number of halogens is 3. The normalized spacial score (nSPS) is 10.4. The van der Waals surface area contributed by atoms with Crippen molar-refractivity contribution in [3.8, 4) is 0 Å². The average Bonchev–Trinajstić information content (AvgIpc) is 2.45. The minimum Gasteiger partial charge on any atom is -0.355 e. The van der Waals surface area contributed by atoms with Gasteiger partial charge in [0.15, 0.2) is 0 Å². The first-order valence-corrected chi connectivity index (χ1v) is 6.50. The van der Waals surface area contributed by atoms with Gasteiger partial charge in [0.25, 0.3) is 0 Å². The molecule has 21 heavy (non-hydrogen) atoms. The largest absolute Gasteiger partial charge is 0.355 e. The lowest BCUT2D eigenvalue weighted by Gasteiger charge is -2.07. The fourth-order valence-electron chi connectivity index (χ4n) is 1.95. The van der Waals surface area contributed by atoms with E-state index in [9.17, 15) is 18.0 Å². The summed E-state index contributed by atoms with van der Waals surface area (Å²) in [6.45, 7) is 0.160. The third kappa shape index (κ3) is 4.34. The first-order valence-electron chi connectivity index (χ1n) is 6.50. The lowest BCUT2D eigenvalue weighted by molar-refractivity contribution is -0.120. The molecule has 0 fully saturated rings. The number of hydrogen-bond donors (Lipinski definition) is 1. The topological polar surface area (TPSA) is 29.1 Å². The Balaban J connectivity index is 1.85. The highest BCUT2D eigenvalue weighted by atomic mass is 19.1. The number of amides is 1. The molecule has 2 aromatic carbocycles. The Bertz CT molecular complexity index is 643. The van der Waals surface area contributed by atoms with E-state index in [2.05, 4.69) is 5.32 Å². The van der Waals surface area contributed by atoms with E-state index in [1.54, 1.807) is 12.1 Å². The van der Waals surface area contributed by atoms with Crippen LogP contribution in [0.4, 0.5) is 13.2 Å². The molecule has 0 radical (unpaired) electrons. The molecular weight excluding hydrogens is 279 g/mol. The van der Waals surface area contributed by atoms with E-state index < -0.39 is 17.5 Å². The number of rotatable bonds is 5. The lowest BCUT2D eigenvalue weighted by atomic mass is 10.1. The van der Waals surface area contributed by atoms with Crippen LogP contribution in [0.15, 0.2) is 42.5 Å². The third-order valence-electron chi connectivity index (χ3n) is 3.03. The van der Waals surface area contributed by atoms with Crippen LogP contribution in [0.2, 0.25) is 0 Å². The summed E-state index contributed by atoms with van der Waals surface area (Å²) < 4.78 is 39.7. The Morgan fingerprint density at radius 2 is 1.67 bits per heavy atom. The van der Waals surface area contributed by atoms with Crippen molar-refractivity contribution >= 4 is 5.91 Å². The highest BCUT2D eigenvalue weighted by Gasteiger charge is 2.08. The van der Waals surface area contributed by atoms with Gasteiger partial charge in [-0.1, -0.05) is 18.2 Å². The molecule has 0 aliphatic carbocycles. The van der Waals surface area contributed by atoms with Crippen molar-refractivity contribution in [2.45, 2.75) is 12.8 Å². The molecule has 0 aliphatic rings. The van der Waals surface area contributed by atoms with Crippen molar-refractivity contribution in [1.82, 2.24) is 5.32 Å². The molecule has 0 unspecified atom stereocenters. The van der Waals surface area contributed by atoms with Gasteiger partial charge in [-0.2, -0.15) is 0 Å². The molecule has 2 nitrogen and oxygen atoms in total. The van der Waals surface area contributed by atoms with Crippen LogP contribution in [0.5, 0.6) is 0 Å². The monoisotopic (exact) mass is 293 g/mol. The van der Waals surface area contributed by atoms with Crippen LogP contribution in [-0.2, 0) is 17.6 Å². The van der Waals surface area contributed by atoms with Crippen molar-refractivity contribution < 1.29 is 18.0 Å². The van der Waals surface area contributed by atoms with Gasteiger partial charge in [-0.25, -0.2) is 13.2 Å². The molecule has 110 valence electrons. The number of benzene rings is 2. The van der Waals surface area contributed by atoms with E-state index in [4.69, 9.17) is 0 Å². The zero-order valence-electron chi connectivity index (χ0n) is 11.2. The summed E-state index contributed by atoms with van der Waals surface area (Å²) in [6.07, 6.45) is 0.0882. The highest BCUT2D eigenvalue weighted by molar-refractivity contribution is 5.78. The minimum absolute atomic E-state index is 0.0850. The Kier molecular flexibility index (Phi) is 4.98. The number of carbonyl (C=O) groups excluding carboxylic acids is 1. The van der Waals surface area contributed by atoms with E-state index in [0.29, 0.717) is 5.56 Å². The molecule has 0 saturated heterocycles. The summed E-state index contributed by atoms with van der Waals surface area (Å²) >= 11 is 0. The molecule has 0 saturated carbocycles. The molecule has 1 N–H and O–H groups in total. The zero-order chi connectivity index (χ0) is 15.2. The number of carbonyl (C=O) groups is 1. The average molecular weight is 293 g/mol. The van der Waals surface area contributed by atoms with E-state index in [-0.39, 0.29) is 30.9 Å². The van der Waals surface area contributed by atoms with E-state index in [1.165, 1.54) is 12.1 Å². The zero-order valence-corrected chi connectivity index (χ0v) is 11.2. The number of hydrogen-bond acceptors (Lipinski definition) is 1. The van der Waals surface area contributed by atoms with Crippen molar-refractivity contribution in [2.24, 2.45) is 0 Å². The van der Waals surface area contributed by atoms with Crippen LogP contribution in [0.1, 0.15) is 11.1 Å². The second kappa shape index (κ2) is 6.92. The van der Waals surface area contributed by atoms with Crippen molar-refractivity contribution in [3.05, 3.63) is 71.0 Å². The molecule has 0 aliphatic heterocycles. The van der Waals surface area contributed by atoms with Gasteiger partial charge in [0, 0.05) is 6.54 Å². The van der Waals surface area contributed by atoms with Gasteiger partial charge >= 0.3 is 0 Å². The van der Waals surface area contributed by atoms with Crippen LogP contribution < -0.4 is 5.32 Å². The molecule has 0 bridgehead atoms. The molecule has 5 heteroatoms. The summed E-state index contributed by atoms with van der Waals surface area (Å²) in [6, 6.07) is 9.18. The van der Waals surface area contributed by atoms with Crippen LogP contribution in [-0.4, -0.2) is 12.5 Å². The summed E-state index contributed by atoms with van der Waals surface area (Å²) in [5.74, 6) is -1.84. The SMILES string of the molecule is O=C(Cc1ccccc1F)NCCc1cc(F)ccc1F. The maximum absolute atomic E-state index is 13.4. The fourth-order valence-corrected chi connectivity index (χ4v) is 1.95. The minimum atomic E-state index is -0.524. The first kappa shape index (κ1) is 15.1. The van der Waals surface area contributed by atoms with Crippen LogP contribution in [0.25, 0.3) is 0 Å². The molecule has 0 spiro atoms. The Labute approximate surface area is 120 Å². The van der Waals surface area contributed by atoms with Crippen LogP contribution >= 0.6 is 0 Å². The van der Waals surface area contributed by atoms with Gasteiger partial charge in [-0.3, -0.25) is 4.79 Å². The predicted molar refractivity (Wildman–Crippen MR) is 73.2 cm³/mol. The van der Waals surface area contributed by atoms with Crippen LogP contribution in [0.3, 0.4) is 0 Å². The molecule has 2 rings (SSSR count). The molecule has 0 aromatic heterocycles. The quantitative estimate of drug-likeness (QED) is 0.902. The molecule has 2 aromatic rings. The Morgan fingerprint density at radius 3 is 2.43 bits per heavy atom. The standard InChI is InChI=1S/C16H14F3NO/c17-13-5-6-15(19)12(9-13)7-8-20-16(21)10-11-3-1-2-4-14(11)18/h1-6,9H,7-8,10H2,(H,20,21). The third-order valence-corrected chi connectivity index (χ3v) is 3.03. The summed E-state index contributed by atoms with van der Waals surface area (Å²) in [4.78, 5) is 11.7. The molecule has 0 atom stereocenters. The van der Waals surface area contributed by atoms with Gasteiger partial charge in [-0.05, 0) is 41.8 Å². The van der Waals surface area contributed by atoms with Crippen molar-refractivity contribution in [1.29, 1.82) is 0 Å². The fraction of sp³-hybridized carbons (Fsp3) is 0.188. The maximum atomic E-state index is 13.4. The van der Waals surface area contributed by atoms with Crippen LogP contribution in [0, 0.1) is 17.5 Å². The Morgan fingerprint density at radius 1 is 0.952 bits per heavy atom. The molecular formula is C16H14F3NO. The number of nitrogens with one attached hydrogen (secondary N) is 1. The second-order valence-electron chi connectivity index (χ2n) is 4.60. The maximum Gasteiger partial charge on any atom is 0.224 e. The van der Waals surface area contributed by atoms with Gasteiger partial charge in [0.05, 0.1) is 6.42 Å².